The normalized spacial score (nSPS) is 16.0. The van der Waals surface area contributed by atoms with Gasteiger partial charge in [0.2, 0.25) is 5.91 Å². The Labute approximate surface area is 135 Å². The van der Waals surface area contributed by atoms with Crippen LogP contribution in [0.15, 0.2) is 24.3 Å². The Morgan fingerprint density at radius 3 is 2.43 bits per heavy atom. The van der Waals surface area contributed by atoms with E-state index in [1.54, 1.807) is 6.07 Å². The summed E-state index contributed by atoms with van der Waals surface area (Å²) in [5, 5.41) is 2.77. The minimum absolute atomic E-state index is 0.154. The van der Waals surface area contributed by atoms with Gasteiger partial charge in [0.25, 0.3) is 0 Å². The quantitative estimate of drug-likeness (QED) is 0.644. The highest BCUT2D eigenvalue weighted by atomic mass is 16.5. The molecule has 1 aliphatic carbocycles. The van der Waals surface area contributed by atoms with Crippen molar-refractivity contribution in [1.29, 1.82) is 0 Å². The van der Waals surface area contributed by atoms with Crippen LogP contribution in [0.4, 0.5) is 5.69 Å². The lowest BCUT2D eigenvalue weighted by atomic mass is 10.0. The molecule has 1 unspecified atom stereocenters. The van der Waals surface area contributed by atoms with Crippen molar-refractivity contribution in [1.82, 2.24) is 0 Å². The second-order valence-corrected chi connectivity index (χ2v) is 5.26. The van der Waals surface area contributed by atoms with E-state index in [-0.39, 0.29) is 17.4 Å². The van der Waals surface area contributed by atoms with Gasteiger partial charge in [0.1, 0.15) is 0 Å². The summed E-state index contributed by atoms with van der Waals surface area (Å²) in [4.78, 5) is 24.2. The topological polar surface area (TPSA) is 73.9 Å². The van der Waals surface area contributed by atoms with E-state index in [0.717, 1.165) is 12.8 Å². The van der Waals surface area contributed by atoms with Crippen LogP contribution in [0, 0.1) is 5.92 Å². The minimum atomic E-state index is -0.554. The minimum Gasteiger partial charge on any atom is -0.493 e. The van der Waals surface area contributed by atoms with Crippen LogP contribution in [0.5, 0.6) is 11.5 Å². The number of amides is 1. The van der Waals surface area contributed by atoms with Gasteiger partial charge < -0.3 is 19.5 Å². The zero-order valence-corrected chi connectivity index (χ0v) is 13.5. The average Bonchev–Trinajstić information content (AvgIpc) is 3.06. The van der Waals surface area contributed by atoms with Gasteiger partial charge >= 0.3 is 5.97 Å². The van der Waals surface area contributed by atoms with Gasteiger partial charge in [-0.3, -0.25) is 4.79 Å². The highest BCUT2D eigenvalue weighted by Gasteiger charge is 2.20. The maximum absolute atomic E-state index is 12.2. The fraction of sp³-hybridized carbons (Fsp3) is 0.412. The molecule has 0 aliphatic heterocycles. The molecule has 1 aliphatic rings. The summed E-state index contributed by atoms with van der Waals surface area (Å²) in [6.45, 7) is 0. The van der Waals surface area contributed by atoms with E-state index >= 15 is 0 Å². The number of hydrogen-bond donors (Lipinski definition) is 1. The van der Waals surface area contributed by atoms with Gasteiger partial charge in [-0.05, 0) is 18.8 Å². The molecule has 0 bridgehead atoms. The Hall–Kier alpha value is -2.50. The molecule has 1 atom stereocenters. The summed E-state index contributed by atoms with van der Waals surface area (Å²) >= 11 is 0. The van der Waals surface area contributed by atoms with E-state index in [0.29, 0.717) is 23.6 Å². The average molecular weight is 319 g/mol. The smallest absolute Gasteiger partial charge is 0.340 e. The number of carbonyl (C=O) groups excluding carboxylic acids is 2. The molecule has 6 heteroatoms. The Bertz CT molecular complexity index is 624. The first-order valence-corrected chi connectivity index (χ1v) is 7.40. The number of hydrogen-bond acceptors (Lipinski definition) is 5. The van der Waals surface area contributed by atoms with Crippen molar-refractivity contribution < 1.29 is 23.8 Å². The van der Waals surface area contributed by atoms with E-state index in [9.17, 15) is 9.59 Å². The van der Waals surface area contributed by atoms with Crippen LogP contribution < -0.4 is 14.8 Å². The summed E-state index contributed by atoms with van der Waals surface area (Å²) in [5.41, 5.74) is 0.571. The molecule has 0 aromatic heterocycles. The number of anilines is 1. The van der Waals surface area contributed by atoms with Gasteiger partial charge in [0, 0.05) is 18.6 Å². The first-order chi connectivity index (χ1) is 11.1. The molecule has 1 amide bonds. The lowest BCUT2D eigenvalue weighted by Crippen LogP contribution is -2.17. The highest BCUT2D eigenvalue weighted by Crippen LogP contribution is 2.34. The number of benzene rings is 1. The largest absolute Gasteiger partial charge is 0.493 e. The molecule has 0 saturated carbocycles. The van der Waals surface area contributed by atoms with Crippen molar-refractivity contribution in [3.05, 3.63) is 29.8 Å². The van der Waals surface area contributed by atoms with Crippen molar-refractivity contribution in [3.63, 3.8) is 0 Å². The number of allylic oxidation sites excluding steroid dienone is 2. The molecule has 1 aromatic rings. The number of esters is 1. The lowest BCUT2D eigenvalue weighted by Gasteiger charge is -2.15. The first kappa shape index (κ1) is 16.9. The van der Waals surface area contributed by atoms with Gasteiger partial charge in [-0.2, -0.15) is 0 Å². The fourth-order valence-electron chi connectivity index (χ4n) is 2.57. The molecule has 0 fully saturated rings. The van der Waals surface area contributed by atoms with E-state index in [1.807, 2.05) is 0 Å². The molecular weight excluding hydrogens is 298 g/mol. The van der Waals surface area contributed by atoms with Crippen molar-refractivity contribution >= 4 is 17.6 Å². The Morgan fingerprint density at radius 1 is 1.17 bits per heavy atom. The van der Waals surface area contributed by atoms with Gasteiger partial charge in [-0.15, -0.1) is 0 Å². The molecule has 1 N–H and O–H groups in total. The molecular formula is C17H21NO5. The molecule has 0 saturated heterocycles. The predicted octanol–water partition coefficient (Wildman–Crippen LogP) is 2.79. The van der Waals surface area contributed by atoms with Crippen molar-refractivity contribution in [2.75, 3.05) is 26.6 Å². The summed E-state index contributed by atoms with van der Waals surface area (Å²) in [5.74, 6) is 0.360. The Balaban J connectivity index is 2.25. The fourth-order valence-corrected chi connectivity index (χ4v) is 2.57. The van der Waals surface area contributed by atoms with Gasteiger partial charge in [0.15, 0.2) is 11.5 Å². The highest BCUT2D eigenvalue weighted by molar-refractivity contribution is 6.02. The van der Waals surface area contributed by atoms with Crippen LogP contribution in [-0.2, 0) is 9.53 Å². The maximum Gasteiger partial charge on any atom is 0.340 e. The van der Waals surface area contributed by atoms with Crippen molar-refractivity contribution in [3.8, 4) is 11.5 Å². The number of rotatable bonds is 6. The van der Waals surface area contributed by atoms with E-state index in [1.165, 1.54) is 27.4 Å². The second-order valence-electron chi connectivity index (χ2n) is 5.26. The van der Waals surface area contributed by atoms with Crippen LogP contribution in [0.3, 0.4) is 0 Å². The number of nitrogens with one attached hydrogen (secondary N) is 1. The molecule has 124 valence electrons. The third-order valence-electron chi connectivity index (χ3n) is 3.76. The Kier molecular flexibility index (Phi) is 5.62. The van der Waals surface area contributed by atoms with E-state index in [2.05, 4.69) is 17.5 Å². The molecule has 0 radical (unpaired) electrons. The van der Waals surface area contributed by atoms with Gasteiger partial charge in [-0.1, -0.05) is 12.2 Å². The van der Waals surface area contributed by atoms with Crippen LogP contribution in [-0.4, -0.2) is 33.2 Å². The van der Waals surface area contributed by atoms with E-state index < -0.39 is 5.97 Å². The summed E-state index contributed by atoms with van der Waals surface area (Å²) in [6, 6.07) is 3.06. The summed E-state index contributed by atoms with van der Waals surface area (Å²) in [6.07, 6.45) is 6.49. The third kappa shape index (κ3) is 4.03. The zero-order chi connectivity index (χ0) is 16.8. The van der Waals surface area contributed by atoms with Crippen LogP contribution in [0.2, 0.25) is 0 Å². The lowest BCUT2D eigenvalue weighted by molar-refractivity contribution is -0.116. The van der Waals surface area contributed by atoms with Crippen LogP contribution in [0.1, 0.15) is 29.6 Å². The summed E-state index contributed by atoms with van der Waals surface area (Å²) < 4.78 is 15.2. The van der Waals surface area contributed by atoms with Crippen molar-refractivity contribution in [2.24, 2.45) is 5.92 Å². The van der Waals surface area contributed by atoms with Crippen molar-refractivity contribution in [2.45, 2.75) is 19.3 Å². The molecule has 0 heterocycles. The molecule has 0 spiro atoms. The number of carbonyl (C=O) groups is 2. The molecule has 1 aromatic carbocycles. The van der Waals surface area contributed by atoms with E-state index in [4.69, 9.17) is 14.2 Å². The number of methoxy groups -OCH3 is 3. The zero-order valence-electron chi connectivity index (χ0n) is 13.5. The molecule has 23 heavy (non-hydrogen) atoms. The summed E-state index contributed by atoms with van der Waals surface area (Å²) in [7, 11) is 4.25. The van der Waals surface area contributed by atoms with Gasteiger partial charge in [-0.25, -0.2) is 4.79 Å². The maximum atomic E-state index is 12.2. The molecule has 6 nitrogen and oxygen atoms in total. The Morgan fingerprint density at radius 2 is 1.87 bits per heavy atom. The molecule has 2 rings (SSSR count). The standard InChI is InChI=1S/C17H21NO5/c1-21-14-9-12(17(20)23-3)13(10-15(14)22-2)18-16(19)8-11-6-4-5-7-11/h4,6,9-11H,5,7-8H2,1-3H3,(H,18,19). The SMILES string of the molecule is COC(=O)c1cc(OC)c(OC)cc1NC(=O)CC1C=CCC1. The third-order valence-corrected chi connectivity index (χ3v) is 3.76. The first-order valence-electron chi connectivity index (χ1n) is 7.40. The second kappa shape index (κ2) is 7.67. The predicted molar refractivity (Wildman–Crippen MR) is 86.0 cm³/mol. The van der Waals surface area contributed by atoms with Gasteiger partial charge in [0.05, 0.1) is 32.6 Å². The monoisotopic (exact) mass is 319 g/mol. The number of ether oxygens (including phenoxy) is 3. The van der Waals surface area contributed by atoms with Crippen LogP contribution >= 0.6 is 0 Å². The van der Waals surface area contributed by atoms with Crippen LogP contribution in [0.25, 0.3) is 0 Å².